The van der Waals surface area contributed by atoms with Crippen LogP contribution in [0.3, 0.4) is 0 Å². The molecule has 1 aromatic rings. The van der Waals surface area contributed by atoms with Crippen LogP contribution >= 0.6 is 0 Å². The molecule has 0 atom stereocenters. The van der Waals surface area contributed by atoms with Gasteiger partial charge in [0.2, 0.25) is 5.76 Å². The molecule has 1 heterocycles. The molecule has 2 N–H and O–H groups in total. The summed E-state index contributed by atoms with van der Waals surface area (Å²) in [7, 11) is 0. The highest BCUT2D eigenvalue weighted by atomic mass is 16.5. The molecule has 0 aliphatic carbocycles. The summed E-state index contributed by atoms with van der Waals surface area (Å²) < 4.78 is 4.80. The van der Waals surface area contributed by atoms with Crippen LogP contribution < -0.4 is 0 Å². The predicted molar refractivity (Wildman–Crippen MR) is 51.3 cm³/mol. The maximum absolute atomic E-state index is 11.7. The smallest absolute Gasteiger partial charge is 0.292 e. The Bertz CT molecular complexity index is 318. The van der Waals surface area contributed by atoms with Crippen molar-refractivity contribution in [1.29, 1.82) is 0 Å². The van der Waals surface area contributed by atoms with E-state index < -0.39 is 0 Å². The molecule has 0 fully saturated rings. The van der Waals surface area contributed by atoms with E-state index in [1.165, 1.54) is 11.0 Å². The molecule has 1 aromatic heterocycles. The molecule has 0 saturated carbocycles. The van der Waals surface area contributed by atoms with Gasteiger partial charge in [-0.15, -0.1) is 0 Å². The fraction of sp³-hybridized carbons (Fsp3) is 0.556. The normalized spacial score (nSPS) is 10.3. The molecule has 0 aromatic carbocycles. The first-order valence-electron chi connectivity index (χ1n) is 4.63. The Morgan fingerprint density at radius 3 is 2.47 bits per heavy atom. The minimum atomic E-state index is -0.376. The number of nitrogens with zero attached hydrogens (tertiary/aromatic N) is 2. The molecule has 1 rings (SSSR count). The third-order valence-corrected chi connectivity index (χ3v) is 1.87. The summed E-state index contributed by atoms with van der Waals surface area (Å²) in [5, 5.41) is 21.1. The summed E-state index contributed by atoms with van der Waals surface area (Å²) in [6, 6.07) is 1.52. The second kappa shape index (κ2) is 5.47. The maximum Gasteiger partial charge on any atom is 0.292 e. The van der Waals surface area contributed by atoms with Gasteiger partial charge in [-0.2, -0.15) is 0 Å². The lowest BCUT2D eigenvalue weighted by molar-refractivity contribution is 0.0644. The molecule has 0 saturated heterocycles. The summed E-state index contributed by atoms with van der Waals surface area (Å²) in [5.41, 5.74) is 0.617. The van der Waals surface area contributed by atoms with Gasteiger partial charge >= 0.3 is 0 Å². The van der Waals surface area contributed by atoms with Gasteiger partial charge in [0.15, 0.2) is 0 Å². The zero-order valence-electron chi connectivity index (χ0n) is 8.51. The second-order valence-corrected chi connectivity index (χ2v) is 3.07. The number of amides is 1. The van der Waals surface area contributed by atoms with Crippen LogP contribution in [-0.2, 0) is 0 Å². The molecular weight excluding hydrogens is 200 g/mol. The lowest BCUT2D eigenvalue weighted by Gasteiger charge is -2.18. The largest absolute Gasteiger partial charge is 0.395 e. The van der Waals surface area contributed by atoms with Crippen molar-refractivity contribution < 1.29 is 19.5 Å². The third-order valence-electron chi connectivity index (χ3n) is 1.87. The Labute approximate surface area is 87.1 Å². The van der Waals surface area contributed by atoms with Crippen molar-refractivity contribution in [3.05, 3.63) is 17.5 Å². The maximum atomic E-state index is 11.7. The molecule has 6 nitrogen and oxygen atoms in total. The van der Waals surface area contributed by atoms with Crippen molar-refractivity contribution in [2.45, 2.75) is 6.92 Å². The van der Waals surface area contributed by atoms with Crippen LogP contribution in [0, 0.1) is 6.92 Å². The molecular formula is C9H14N2O4. The van der Waals surface area contributed by atoms with Gasteiger partial charge < -0.3 is 19.6 Å². The first-order chi connectivity index (χ1) is 7.19. The average molecular weight is 214 g/mol. The highest BCUT2D eigenvalue weighted by Crippen LogP contribution is 2.06. The summed E-state index contributed by atoms with van der Waals surface area (Å²) in [6.45, 7) is 1.73. The average Bonchev–Trinajstić information content (AvgIpc) is 2.63. The fourth-order valence-corrected chi connectivity index (χ4v) is 1.18. The van der Waals surface area contributed by atoms with Crippen molar-refractivity contribution in [1.82, 2.24) is 10.1 Å². The van der Waals surface area contributed by atoms with E-state index >= 15 is 0 Å². The lowest BCUT2D eigenvalue weighted by Crippen LogP contribution is -2.35. The lowest BCUT2D eigenvalue weighted by atomic mass is 10.3. The first-order valence-corrected chi connectivity index (χ1v) is 4.63. The molecule has 0 aliphatic rings. The standard InChI is InChI=1S/C9H14N2O4/c1-7-6-8(15-10-7)9(14)11(2-4-12)3-5-13/h6,12-13H,2-5H2,1H3. The number of aliphatic hydroxyl groups is 2. The van der Waals surface area contributed by atoms with Crippen LogP contribution in [0.5, 0.6) is 0 Å². The van der Waals surface area contributed by atoms with Gasteiger partial charge in [0.25, 0.3) is 5.91 Å². The van der Waals surface area contributed by atoms with E-state index in [1.54, 1.807) is 6.92 Å². The number of aliphatic hydroxyl groups excluding tert-OH is 2. The SMILES string of the molecule is Cc1cc(C(=O)N(CCO)CCO)on1. The minimum absolute atomic E-state index is 0.120. The first kappa shape index (κ1) is 11.7. The van der Waals surface area contributed by atoms with Gasteiger partial charge in [-0.3, -0.25) is 4.79 Å². The molecule has 1 amide bonds. The van der Waals surface area contributed by atoms with E-state index in [9.17, 15) is 4.79 Å². The number of aromatic nitrogens is 1. The van der Waals surface area contributed by atoms with Crippen molar-refractivity contribution in [2.24, 2.45) is 0 Å². The monoisotopic (exact) mass is 214 g/mol. The number of aryl methyl sites for hydroxylation is 1. The number of hydrogen-bond acceptors (Lipinski definition) is 5. The van der Waals surface area contributed by atoms with E-state index in [4.69, 9.17) is 14.7 Å². The number of carbonyl (C=O) groups is 1. The Hall–Kier alpha value is -1.40. The van der Waals surface area contributed by atoms with Gasteiger partial charge in [0.1, 0.15) is 0 Å². The highest BCUT2D eigenvalue weighted by molar-refractivity contribution is 5.91. The second-order valence-electron chi connectivity index (χ2n) is 3.07. The van der Waals surface area contributed by atoms with Crippen molar-refractivity contribution in [2.75, 3.05) is 26.3 Å². The quantitative estimate of drug-likeness (QED) is 0.684. The highest BCUT2D eigenvalue weighted by Gasteiger charge is 2.18. The van der Waals surface area contributed by atoms with Gasteiger partial charge in [0.05, 0.1) is 18.9 Å². The van der Waals surface area contributed by atoms with Crippen LogP contribution in [0.2, 0.25) is 0 Å². The summed E-state index contributed by atoms with van der Waals surface area (Å²) in [6.07, 6.45) is 0. The van der Waals surface area contributed by atoms with E-state index in [-0.39, 0.29) is 38.0 Å². The van der Waals surface area contributed by atoms with E-state index in [2.05, 4.69) is 5.16 Å². The topological polar surface area (TPSA) is 86.8 Å². The van der Waals surface area contributed by atoms with Gasteiger partial charge in [-0.25, -0.2) is 0 Å². The van der Waals surface area contributed by atoms with Crippen molar-refractivity contribution in [3.8, 4) is 0 Å². The fourth-order valence-electron chi connectivity index (χ4n) is 1.18. The molecule has 15 heavy (non-hydrogen) atoms. The van der Waals surface area contributed by atoms with Gasteiger partial charge in [-0.05, 0) is 6.92 Å². The van der Waals surface area contributed by atoms with E-state index in [1.807, 2.05) is 0 Å². The molecule has 0 aliphatic heterocycles. The van der Waals surface area contributed by atoms with E-state index in [0.29, 0.717) is 5.69 Å². The van der Waals surface area contributed by atoms with Gasteiger partial charge in [-0.1, -0.05) is 5.16 Å². The Kier molecular flexibility index (Phi) is 4.26. The molecule has 0 unspecified atom stereocenters. The van der Waals surface area contributed by atoms with Crippen molar-refractivity contribution >= 4 is 5.91 Å². The number of rotatable bonds is 5. The van der Waals surface area contributed by atoms with Crippen LogP contribution in [0.15, 0.2) is 10.6 Å². The van der Waals surface area contributed by atoms with Crippen LogP contribution in [0.4, 0.5) is 0 Å². The predicted octanol–water partition coefficient (Wildman–Crippen LogP) is -0.590. The summed E-state index contributed by atoms with van der Waals surface area (Å²) >= 11 is 0. The number of hydrogen-bond donors (Lipinski definition) is 2. The summed E-state index contributed by atoms with van der Waals surface area (Å²) in [5.74, 6) is -0.256. The number of carbonyl (C=O) groups excluding carboxylic acids is 1. The van der Waals surface area contributed by atoms with Crippen molar-refractivity contribution in [3.63, 3.8) is 0 Å². The molecule has 0 bridgehead atoms. The zero-order chi connectivity index (χ0) is 11.3. The molecule has 0 radical (unpaired) electrons. The molecule has 6 heteroatoms. The zero-order valence-corrected chi connectivity index (χ0v) is 8.51. The third kappa shape index (κ3) is 3.03. The molecule has 0 spiro atoms. The Morgan fingerprint density at radius 2 is 2.07 bits per heavy atom. The van der Waals surface area contributed by atoms with Crippen LogP contribution in [-0.4, -0.2) is 52.5 Å². The summed E-state index contributed by atoms with van der Waals surface area (Å²) in [4.78, 5) is 13.0. The van der Waals surface area contributed by atoms with E-state index in [0.717, 1.165) is 0 Å². The Morgan fingerprint density at radius 1 is 1.47 bits per heavy atom. The molecule has 84 valence electrons. The van der Waals surface area contributed by atoms with Crippen LogP contribution in [0.1, 0.15) is 16.2 Å². The van der Waals surface area contributed by atoms with Crippen LogP contribution in [0.25, 0.3) is 0 Å². The minimum Gasteiger partial charge on any atom is -0.395 e. The Balaban J connectivity index is 2.71. The van der Waals surface area contributed by atoms with Gasteiger partial charge in [0, 0.05) is 19.2 Å².